The van der Waals surface area contributed by atoms with Gasteiger partial charge in [-0.15, -0.1) is 0 Å². The quantitative estimate of drug-likeness (QED) is 0.378. The highest BCUT2D eigenvalue weighted by Crippen LogP contribution is 2.09. The van der Waals surface area contributed by atoms with Crippen molar-refractivity contribution in [3.63, 3.8) is 0 Å². The lowest BCUT2D eigenvalue weighted by atomic mass is 10.3. The van der Waals surface area contributed by atoms with E-state index in [0.29, 0.717) is 23.1 Å². The summed E-state index contributed by atoms with van der Waals surface area (Å²) in [6.07, 6.45) is 0. The Bertz CT molecular complexity index is 289. The number of aryl methyl sites for hydroxylation is 2. The molecule has 0 amide bonds. The van der Waals surface area contributed by atoms with Crippen molar-refractivity contribution in [2.24, 2.45) is 5.16 Å². The molecule has 0 saturated heterocycles. The monoisotopic (exact) mass is 154 g/mol. The van der Waals surface area contributed by atoms with Crippen LogP contribution in [0.1, 0.15) is 24.3 Å². The fourth-order valence-electron chi connectivity index (χ4n) is 0.912. The number of rotatable bonds is 1. The smallest absolute Gasteiger partial charge is 0.191 e. The predicted octanol–water partition coefficient (Wildman–Crippen LogP) is 1.49. The van der Waals surface area contributed by atoms with Crippen molar-refractivity contribution in [1.82, 2.24) is 4.98 Å². The predicted molar refractivity (Wildman–Crippen MR) is 40.0 cm³/mol. The van der Waals surface area contributed by atoms with E-state index in [-0.39, 0.29) is 0 Å². The van der Waals surface area contributed by atoms with Crippen molar-refractivity contribution >= 4 is 5.71 Å². The lowest BCUT2D eigenvalue weighted by Gasteiger charge is -1.89. The summed E-state index contributed by atoms with van der Waals surface area (Å²) in [6.45, 7) is 5.20. The van der Waals surface area contributed by atoms with Crippen molar-refractivity contribution in [2.75, 3.05) is 0 Å². The summed E-state index contributed by atoms with van der Waals surface area (Å²) in [6, 6.07) is 0. The molecule has 1 aromatic rings. The molecule has 0 aliphatic carbocycles. The van der Waals surface area contributed by atoms with Crippen molar-refractivity contribution in [3.8, 4) is 0 Å². The minimum absolute atomic E-state index is 0.472. The van der Waals surface area contributed by atoms with Gasteiger partial charge in [-0.2, -0.15) is 0 Å². The van der Waals surface area contributed by atoms with Gasteiger partial charge in [0.1, 0.15) is 17.2 Å². The SMILES string of the molecule is C/C(=N/O)c1nc(C)oc1C. The lowest BCUT2D eigenvalue weighted by Crippen LogP contribution is -1.96. The van der Waals surface area contributed by atoms with Crippen LogP contribution in [0.15, 0.2) is 9.57 Å². The minimum Gasteiger partial charge on any atom is -0.446 e. The van der Waals surface area contributed by atoms with Crippen molar-refractivity contribution in [3.05, 3.63) is 17.3 Å². The van der Waals surface area contributed by atoms with Gasteiger partial charge in [0.05, 0.1) is 0 Å². The molecule has 1 rings (SSSR count). The number of aromatic nitrogens is 1. The van der Waals surface area contributed by atoms with Crippen molar-refractivity contribution in [2.45, 2.75) is 20.8 Å². The molecule has 1 heterocycles. The standard InChI is InChI=1S/C7H10N2O2/c1-4(9-10)7-5(2)11-6(3)8-7/h10H,1-3H3/b9-4-. The maximum atomic E-state index is 8.43. The van der Waals surface area contributed by atoms with Crippen LogP contribution >= 0.6 is 0 Å². The highest BCUT2D eigenvalue weighted by atomic mass is 16.4. The topological polar surface area (TPSA) is 58.6 Å². The highest BCUT2D eigenvalue weighted by molar-refractivity contribution is 5.97. The maximum absolute atomic E-state index is 8.43. The molecular formula is C7H10N2O2. The fourth-order valence-corrected chi connectivity index (χ4v) is 0.912. The fraction of sp³-hybridized carbons (Fsp3) is 0.429. The molecule has 1 aromatic heterocycles. The molecule has 1 N–H and O–H groups in total. The van der Waals surface area contributed by atoms with Crippen LogP contribution in [0.2, 0.25) is 0 Å². The molecule has 60 valence electrons. The van der Waals surface area contributed by atoms with Gasteiger partial charge in [-0.05, 0) is 13.8 Å². The number of oxazole rings is 1. The molecule has 0 bridgehead atoms. The van der Waals surface area contributed by atoms with Crippen LogP contribution < -0.4 is 0 Å². The summed E-state index contributed by atoms with van der Waals surface area (Å²) in [5, 5.41) is 11.5. The highest BCUT2D eigenvalue weighted by Gasteiger charge is 2.08. The second-order valence-electron chi connectivity index (χ2n) is 2.32. The minimum atomic E-state index is 0.472. The van der Waals surface area contributed by atoms with E-state index in [0.717, 1.165) is 0 Å². The van der Waals surface area contributed by atoms with Crippen LogP contribution in [0.25, 0.3) is 0 Å². The zero-order valence-corrected chi connectivity index (χ0v) is 6.75. The summed E-state index contributed by atoms with van der Waals surface area (Å²) in [7, 11) is 0. The zero-order chi connectivity index (χ0) is 8.43. The second kappa shape index (κ2) is 2.74. The summed E-state index contributed by atoms with van der Waals surface area (Å²) in [5.41, 5.74) is 1.09. The number of oxime groups is 1. The Labute approximate surface area is 64.5 Å². The molecule has 11 heavy (non-hydrogen) atoms. The molecule has 0 atom stereocenters. The van der Waals surface area contributed by atoms with Gasteiger partial charge in [0.2, 0.25) is 0 Å². The van der Waals surface area contributed by atoms with Gasteiger partial charge in [0.15, 0.2) is 5.89 Å². The van der Waals surface area contributed by atoms with Crippen LogP contribution in [0.5, 0.6) is 0 Å². The molecule has 0 saturated carbocycles. The van der Waals surface area contributed by atoms with Crippen molar-refractivity contribution in [1.29, 1.82) is 0 Å². The molecule has 0 aliphatic heterocycles. The Kier molecular flexibility index (Phi) is 1.94. The third kappa shape index (κ3) is 1.39. The Morgan fingerprint density at radius 3 is 2.55 bits per heavy atom. The van der Waals surface area contributed by atoms with E-state index in [4.69, 9.17) is 9.62 Å². The van der Waals surface area contributed by atoms with Gasteiger partial charge in [0.25, 0.3) is 0 Å². The molecule has 0 fully saturated rings. The summed E-state index contributed by atoms with van der Waals surface area (Å²) in [5.74, 6) is 1.26. The molecule has 4 nitrogen and oxygen atoms in total. The van der Waals surface area contributed by atoms with E-state index in [1.807, 2.05) is 0 Å². The lowest BCUT2D eigenvalue weighted by molar-refractivity contribution is 0.319. The Hall–Kier alpha value is -1.32. The van der Waals surface area contributed by atoms with Gasteiger partial charge in [-0.1, -0.05) is 5.16 Å². The first-order valence-corrected chi connectivity index (χ1v) is 3.28. The third-order valence-electron chi connectivity index (χ3n) is 1.40. The van der Waals surface area contributed by atoms with Gasteiger partial charge in [-0.25, -0.2) is 4.98 Å². The first-order valence-electron chi connectivity index (χ1n) is 3.28. The average Bonchev–Trinajstić information content (AvgIpc) is 2.28. The summed E-state index contributed by atoms with van der Waals surface area (Å²) in [4.78, 5) is 4.02. The van der Waals surface area contributed by atoms with E-state index >= 15 is 0 Å². The Balaban J connectivity index is 3.13. The first kappa shape index (κ1) is 7.78. The van der Waals surface area contributed by atoms with Crippen LogP contribution in [-0.4, -0.2) is 15.9 Å². The van der Waals surface area contributed by atoms with Gasteiger partial charge in [-0.3, -0.25) is 0 Å². The largest absolute Gasteiger partial charge is 0.446 e. The van der Waals surface area contributed by atoms with Crippen LogP contribution in [0.4, 0.5) is 0 Å². The van der Waals surface area contributed by atoms with Crippen LogP contribution in [0, 0.1) is 13.8 Å². The summed E-state index contributed by atoms with van der Waals surface area (Å²) < 4.78 is 5.13. The Morgan fingerprint density at radius 2 is 2.18 bits per heavy atom. The number of hydrogen-bond donors (Lipinski definition) is 1. The normalized spacial score (nSPS) is 12.1. The van der Waals surface area contributed by atoms with Crippen LogP contribution in [0.3, 0.4) is 0 Å². The molecule has 0 unspecified atom stereocenters. The van der Waals surface area contributed by atoms with E-state index in [1.54, 1.807) is 20.8 Å². The summed E-state index contributed by atoms with van der Waals surface area (Å²) >= 11 is 0. The van der Waals surface area contributed by atoms with E-state index in [2.05, 4.69) is 10.1 Å². The van der Waals surface area contributed by atoms with E-state index < -0.39 is 0 Å². The van der Waals surface area contributed by atoms with Crippen molar-refractivity contribution < 1.29 is 9.62 Å². The van der Waals surface area contributed by atoms with E-state index in [1.165, 1.54) is 0 Å². The molecule has 4 heteroatoms. The Morgan fingerprint density at radius 1 is 1.55 bits per heavy atom. The number of hydrogen-bond acceptors (Lipinski definition) is 4. The average molecular weight is 154 g/mol. The molecular weight excluding hydrogens is 144 g/mol. The first-order chi connectivity index (χ1) is 5.15. The van der Waals surface area contributed by atoms with Gasteiger partial charge >= 0.3 is 0 Å². The number of nitrogens with zero attached hydrogens (tertiary/aromatic N) is 2. The molecule has 0 aliphatic rings. The third-order valence-corrected chi connectivity index (χ3v) is 1.40. The van der Waals surface area contributed by atoms with Gasteiger partial charge in [0, 0.05) is 6.92 Å². The molecule has 0 aromatic carbocycles. The second-order valence-corrected chi connectivity index (χ2v) is 2.32. The molecule has 0 radical (unpaired) electrons. The molecule has 0 spiro atoms. The van der Waals surface area contributed by atoms with E-state index in [9.17, 15) is 0 Å². The van der Waals surface area contributed by atoms with Gasteiger partial charge < -0.3 is 9.62 Å². The zero-order valence-electron chi connectivity index (χ0n) is 6.75. The maximum Gasteiger partial charge on any atom is 0.191 e. The van der Waals surface area contributed by atoms with Crippen LogP contribution in [-0.2, 0) is 0 Å².